The summed E-state index contributed by atoms with van der Waals surface area (Å²) in [4.78, 5) is 28.7. The van der Waals surface area contributed by atoms with Crippen LogP contribution in [0.4, 0.5) is 11.4 Å². The molecular weight excluding hydrogens is 354 g/mol. The van der Waals surface area contributed by atoms with Crippen molar-refractivity contribution >= 4 is 28.8 Å². The van der Waals surface area contributed by atoms with E-state index < -0.39 is 0 Å². The molecule has 28 heavy (non-hydrogen) atoms. The third kappa shape index (κ3) is 3.58. The fourth-order valence-electron chi connectivity index (χ4n) is 3.27. The Hall–Kier alpha value is -3.28. The van der Waals surface area contributed by atoms with Gasteiger partial charge in [-0.2, -0.15) is 0 Å². The van der Waals surface area contributed by atoms with Crippen molar-refractivity contribution in [2.75, 3.05) is 37.5 Å². The molecule has 0 aliphatic carbocycles. The average molecular weight is 379 g/mol. The Morgan fingerprint density at radius 2 is 1.54 bits per heavy atom. The van der Waals surface area contributed by atoms with Crippen molar-refractivity contribution in [2.24, 2.45) is 0 Å². The highest BCUT2D eigenvalue weighted by atomic mass is 16.5. The number of methoxy groups -OCH3 is 1. The van der Waals surface area contributed by atoms with Gasteiger partial charge in [-0.05, 0) is 55.8 Å². The predicted molar refractivity (Wildman–Crippen MR) is 111 cm³/mol. The lowest BCUT2D eigenvalue weighted by Gasteiger charge is -2.21. The molecule has 2 amide bonds. The number of imide groups is 1. The highest BCUT2D eigenvalue weighted by Gasteiger charge is 2.36. The first-order chi connectivity index (χ1) is 13.5. The molecule has 146 valence electrons. The second kappa shape index (κ2) is 8.17. The van der Waals surface area contributed by atoms with Crippen LogP contribution in [0, 0.1) is 0 Å². The summed E-state index contributed by atoms with van der Waals surface area (Å²) in [7, 11) is 3.08. The zero-order chi connectivity index (χ0) is 20.3. The molecule has 6 heteroatoms. The van der Waals surface area contributed by atoms with Crippen molar-refractivity contribution < 1.29 is 14.3 Å². The lowest BCUT2D eigenvalue weighted by Crippen LogP contribution is -2.27. The molecule has 1 aliphatic heterocycles. The summed E-state index contributed by atoms with van der Waals surface area (Å²) in [5, 5.41) is 3.15. The molecule has 0 radical (unpaired) electrons. The molecule has 0 saturated carbocycles. The van der Waals surface area contributed by atoms with Gasteiger partial charge in [0, 0.05) is 31.5 Å². The number of amides is 2. The molecule has 2 aromatic rings. The van der Waals surface area contributed by atoms with Gasteiger partial charge in [-0.15, -0.1) is 0 Å². The van der Waals surface area contributed by atoms with Crippen LogP contribution in [0.3, 0.4) is 0 Å². The molecule has 2 aromatic carbocycles. The van der Waals surface area contributed by atoms with Gasteiger partial charge >= 0.3 is 0 Å². The van der Waals surface area contributed by atoms with Gasteiger partial charge in [0.05, 0.1) is 12.7 Å². The summed E-state index contributed by atoms with van der Waals surface area (Å²) in [6, 6.07) is 15.0. The fourth-order valence-corrected chi connectivity index (χ4v) is 3.27. The Kier molecular flexibility index (Phi) is 5.68. The maximum absolute atomic E-state index is 12.7. The smallest absolute Gasteiger partial charge is 0.277 e. The Balaban J connectivity index is 1.94. The standard InChI is InChI=1S/C22H25N3O3/c1-5-25(6-2)17-11-9-16(10-12-17)23-20-19(21(26)24(3)22(20)27)15-7-13-18(28-4)14-8-15/h7-14,23H,5-6H2,1-4H3. The van der Waals surface area contributed by atoms with Crippen molar-refractivity contribution in [1.29, 1.82) is 0 Å². The number of nitrogens with zero attached hydrogens (tertiary/aromatic N) is 2. The second-order valence-electron chi connectivity index (χ2n) is 6.49. The minimum Gasteiger partial charge on any atom is -0.497 e. The summed E-state index contributed by atoms with van der Waals surface area (Å²) in [5.41, 5.74) is 3.20. The lowest BCUT2D eigenvalue weighted by molar-refractivity contribution is -0.135. The number of likely N-dealkylation sites (N-methyl/N-ethyl adjacent to an activating group) is 1. The van der Waals surface area contributed by atoms with Crippen LogP contribution in [-0.2, 0) is 9.59 Å². The van der Waals surface area contributed by atoms with E-state index in [9.17, 15) is 9.59 Å². The number of anilines is 2. The van der Waals surface area contributed by atoms with E-state index >= 15 is 0 Å². The molecule has 3 rings (SSSR count). The molecule has 0 fully saturated rings. The Morgan fingerprint density at radius 1 is 0.929 bits per heavy atom. The molecule has 0 aromatic heterocycles. The first kappa shape index (κ1) is 19.5. The molecule has 0 spiro atoms. The number of benzene rings is 2. The van der Waals surface area contributed by atoms with E-state index in [-0.39, 0.29) is 17.5 Å². The first-order valence-corrected chi connectivity index (χ1v) is 9.33. The van der Waals surface area contributed by atoms with Gasteiger partial charge in [-0.1, -0.05) is 12.1 Å². The number of carbonyl (C=O) groups is 2. The minimum atomic E-state index is -0.344. The van der Waals surface area contributed by atoms with Gasteiger partial charge in [0.1, 0.15) is 11.4 Å². The lowest BCUT2D eigenvalue weighted by atomic mass is 10.0. The van der Waals surface area contributed by atoms with Crippen LogP contribution < -0.4 is 15.0 Å². The van der Waals surface area contributed by atoms with Crippen molar-refractivity contribution in [3.63, 3.8) is 0 Å². The van der Waals surface area contributed by atoms with Crippen molar-refractivity contribution in [3.8, 4) is 5.75 Å². The molecule has 1 heterocycles. The summed E-state index contributed by atoms with van der Waals surface area (Å²) < 4.78 is 5.17. The average Bonchev–Trinajstić information content (AvgIpc) is 2.94. The van der Waals surface area contributed by atoms with Crippen LogP contribution in [-0.4, -0.2) is 44.0 Å². The number of hydrogen-bond donors (Lipinski definition) is 1. The largest absolute Gasteiger partial charge is 0.497 e. The molecule has 0 saturated heterocycles. The molecule has 6 nitrogen and oxygen atoms in total. The second-order valence-corrected chi connectivity index (χ2v) is 6.49. The number of carbonyl (C=O) groups excluding carboxylic acids is 2. The summed E-state index contributed by atoms with van der Waals surface area (Å²) in [6.45, 7) is 6.07. The molecule has 1 N–H and O–H groups in total. The van der Waals surface area contributed by atoms with Crippen molar-refractivity contribution in [1.82, 2.24) is 4.90 Å². The van der Waals surface area contributed by atoms with Gasteiger partial charge in [-0.3, -0.25) is 14.5 Å². The van der Waals surface area contributed by atoms with Crippen LogP contribution in [0.1, 0.15) is 19.4 Å². The van der Waals surface area contributed by atoms with Crippen LogP contribution in [0.2, 0.25) is 0 Å². The van der Waals surface area contributed by atoms with E-state index in [2.05, 4.69) is 24.1 Å². The number of nitrogens with one attached hydrogen (secondary N) is 1. The highest BCUT2D eigenvalue weighted by Crippen LogP contribution is 2.31. The normalized spacial score (nSPS) is 13.9. The van der Waals surface area contributed by atoms with E-state index in [0.29, 0.717) is 16.9 Å². The van der Waals surface area contributed by atoms with Crippen LogP contribution in [0.15, 0.2) is 54.2 Å². The van der Waals surface area contributed by atoms with Crippen LogP contribution >= 0.6 is 0 Å². The van der Waals surface area contributed by atoms with Crippen LogP contribution in [0.25, 0.3) is 5.57 Å². The van der Waals surface area contributed by atoms with Crippen molar-refractivity contribution in [3.05, 3.63) is 59.8 Å². The van der Waals surface area contributed by atoms with E-state index in [1.165, 1.54) is 7.05 Å². The quantitative estimate of drug-likeness (QED) is 0.748. The highest BCUT2D eigenvalue weighted by molar-refractivity contribution is 6.36. The summed E-state index contributed by atoms with van der Waals surface area (Å²) in [6.07, 6.45) is 0. The van der Waals surface area contributed by atoms with Gasteiger partial charge < -0.3 is 15.0 Å². The first-order valence-electron chi connectivity index (χ1n) is 9.33. The topological polar surface area (TPSA) is 61.9 Å². The summed E-state index contributed by atoms with van der Waals surface area (Å²) >= 11 is 0. The maximum Gasteiger partial charge on any atom is 0.277 e. The van der Waals surface area contributed by atoms with E-state index in [1.807, 2.05) is 24.3 Å². The van der Waals surface area contributed by atoms with Crippen LogP contribution in [0.5, 0.6) is 5.75 Å². The zero-order valence-electron chi connectivity index (χ0n) is 16.7. The number of ether oxygens (including phenoxy) is 1. The predicted octanol–water partition coefficient (Wildman–Crippen LogP) is 3.36. The van der Waals surface area contributed by atoms with E-state index in [1.54, 1.807) is 31.4 Å². The molecule has 0 unspecified atom stereocenters. The van der Waals surface area contributed by atoms with E-state index in [4.69, 9.17) is 4.74 Å². The zero-order valence-corrected chi connectivity index (χ0v) is 16.7. The number of rotatable bonds is 7. The van der Waals surface area contributed by atoms with E-state index in [0.717, 1.165) is 29.4 Å². The monoisotopic (exact) mass is 379 g/mol. The third-order valence-electron chi connectivity index (χ3n) is 4.93. The third-order valence-corrected chi connectivity index (χ3v) is 4.93. The maximum atomic E-state index is 12.7. The Morgan fingerprint density at radius 3 is 2.07 bits per heavy atom. The Labute approximate surface area is 165 Å². The van der Waals surface area contributed by atoms with Gasteiger partial charge in [0.2, 0.25) is 0 Å². The minimum absolute atomic E-state index is 0.285. The molecule has 0 bridgehead atoms. The molecular formula is C22H25N3O3. The number of hydrogen-bond acceptors (Lipinski definition) is 5. The van der Waals surface area contributed by atoms with Gasteiger partial charge in [0.15, 0.2) is 0 Å². The van der Waals surface area contributed by atoms with Gasteiger partial charge in [0.25, 0.3) is 11.8 Å². The SMILES string of the molecule is CCN(CC)c1ccc(NC2=C(c3ccc(OC)cc3)C(=O)N(C)C2=O)cc1. The fraction of sp³-hybridized carbons (Fsp3) is 0.273. The summed E-state index contributed by atoms with van der Waals surface area (Å²) in [5.74, 6) is 0.0250. The Bertz CT molecular complexity index is 898. The van der Waals surface area contributed by atoms with Gasteiger partial charge in [-0.25, -0.2) is 0 Å². The molecule has 1 aliphatic rings. The van der Waals surface area contributed by atoms with Crippen molar-refractivity contribution in [2.45, 2.75) is 13.8 Å². The molecule has 0 atom stereocenters.